The van der Waals surface area contributed by atoms with Crippen molar-refractivity contribution in [2.75, 3.05) is 13.1 Å². The van der Waals surface area contributed by atoms with Gasteiger partial charge in [0.25, 0.3) is 0 Å². The van der Waals surface area contributed by atoms with Gasteiger partial charge in [-0.2, -0.15) is 0 Å². The summed E-state index contributed by atoms with van der Waals surface area (Å²) in [5, 5.41) is 0. The highest BCUT2D eigenvalue weighted by Crippen LogP contribution is 2.25. The molecule has 2 rings (SSSR count). The number of aryl methyl sites for hydroxylation is 2. The van der Waals surface area contributed by atoms with Gasteiger partial charge in [0.05, 0.1) is 0 Å². The quantitative estimate of drug-likeness (QED) is 0.867. The van der Waals surface area contributed by atoms with Gasteiger partial charge in [-0.3, -0.25) is 4.90 Å². The second-order valence-corrected chi connectivity index (χ2v) is 5.47. The molecule has 17 heavy (non-hydrogen) atoms. The van der Waals surface area contributed by atoms with Crippen molar-refractivity contribution >= 4 is 0 Å². The summed E-state index contributed by atoms with van der Waals surface area (Å²) in [5.74, 6) is 0.741. The highest BCUT2D eigenvalue weighted by Gasteiger charge is 2.29. The summed E-state index contributed by atoms with van der Waals surface area (Å²) >= 11 is 0. The molecule has 2 unspecified atom stereocenters. The fourth-order valence-electron chi connectivity index (χ4n) is 2.85. The zero-order valence-corrected chi connectivity index (χ0v) is 11.2. The number of nitrogens with zero attached hydrogens (tertiary/aromatic N) is 1. The van der Waals surface area contributed by atoms with E-state index in [9.17, 15) is 0 Å². The molecule has 2 N–H and O–H groups in total. The van der Waals surface area contributed by atoms with Gasteiger partial charge in [-0.15, -0.1) is 0 Å². The molecule has 2 atom stereocenters. The molecule has 0 saturated carbocycles. The van der Waals surface area contributed by atoms with Crippen molar-refractivity contribution in [3.05, 3.63) is 34.9 Å². The van der Waals surface area contributed by atoms with Crippen LogP contribution < -0.4 is 5.73 Å². The van der Waals surface area contributed by atoms with E-state index in [4.69, 9.17) is 5.73 Å². The molecule has 2 nitrogen and oxygen atoms in total. The van der Waals surface area contributed by atoms with Crippen LogP contribution in [0.3, 0.4) is 0 Å². The SMILES string of the molecule is Cc1ccc(C)c(CN2CCC(C)C2CN)c1. The molecule has 2 heteroatoms. The third-order valence-corrected chi connectivity index (χ3v) is 4.12. The fourth-order valence-corrected chi connectivity index (χ4v) is 2.85. The van der Waals surface area contributed by atoms with Gasteiger partial charge in [0.2, 0.25) is 0 Å². The summed E-state index contributed by atoms with van der Waals surface area (Å²) in [6, 6.07) is 7.29. The monoisotopic (exact) mass is 232 g/mol. The zero-order valence-electron chi connectivity index (χ0n) is 11.2. The van der Waals surface area contributed by atoms with Crippen molar-refractivity contribution in [2.24, 2.45) is 11.7 Å². The average molecular weight is 232 g/mol. The number of nitrogens with two attached hydrogens (primary N) is 1. The predicted octanol–water partition coefficient (Wildman–Crippen LogP) is 2.47. The summed E-state index contributed by atoms with van der Waals surface area (Å²) in [6.07, 6.45) is 1.28. The third-order valence-electron chi connectivity index (χ3n) is 4.12. The first kappa shape index (κ1) is 12.6. The van der Waals surface area contributed by atoms with Crippen molar-refractivity contribution in [3.63, 3.8) is 0 Å². The minimum Gasteiger partial charge on any atom is -0.329 e. The van der Waals surface area contributed by atoms with Crippen LogP contribution in [0, 0.1) is 19.8 Å². The van der Waals surface area contributed by atoms with Crippen LogP contribution in [0.2, 0.25) is 0 Å². The number of likely N-dealkylation sites (tertiary alicyclic amines) is 1. The molecule has 0 amide bonds. The second-order valence-electron chi connectivity index (χ2n) is 5.47. The lowest BCUT2D eigenvalue weighted by Crippen LogP contribution is -2.38. The lowest BCUT2D eigenvalue weighted by molar-refractivity contribution is 0.228. The van der Waals surface area contributed by atoms with E-state index in [0.29, 0.717) is 6.04 Å². The van der Waals surface area contributed by atoms with Crippen molar-refractivity contribution in [1.29, 1.82) is 0 Å². The lowest BCUT2D eigenvalue weighted by atomic mass is 10.0. The van der Waals surface area contributed by atoms with Crippen LogP contribution in [-0.4, -0.2) is 24.0 Å². The van der Waals surface area contributed by atoms with E-state index in [1.165, 1.54) is 29.7 Å². The maximum atomic E-state index is 5.89. The highest BCUT2D eigenvalue weighted by atomic mass is 15.2. The molecular weight excluding hydrogens is 208 g/mol. The van der Waals surface area contributed by atoms with E-state index in [2.05, 4.69) is 43.9 Å². The molecule has 1 fully saturated rings. The molecule has 1 heterocycles. The van der Waals surface area contributed by atoms with E-state index >= 15 is 0 Å². The smallest absolute Gasteiger partial charge is 0.0248 e. The Morgan fingerprint density at radius 2 is 2.12 bits per heavy atom. The average Bonchev–Trinajstić information content (AvgIpc) is 2.64. The Labute approximate surface area is 105 Å². The van der Waals surface area contributed by atoms with Gasteiger partial charge in [-0.25, -0.2) is 0 Å². The van der Waals surface area contributed by atoms with Gasteiger partial charge in [0, 0.05) is 19.1 Å². The summed E-state index contributed by atoms with van der Waals surface area (Å²) < 4.78 is 0. The van der Waals surface area contributed by atoms with E-state index in [0.717, 1.165) is 19.0 Å². The number of hydrogen-bond donors (Lipinski definition) is 1. The Balaban J connectivity index is 2.12. The summed E-state index contributed by atoms with van der Waals surface area (Å²) in [6.45, 7) is 9.71. The van der Waals surface area contributed by atoms with Crippen LogP contribution in [0.15, 0.2) is 18.2 Å². The van der Waals surface area contributed by atoms with Gasteiger partial charge in [-0.1, -0.05) is 30.7 Å². The summed E-state index contributed by atoms with van der Waals surface area (Å²) in [5.41, 5.74) is 10.1. The van der Waals surface area contributed by atoms with E-state index < -0.39 is 0 Å². The first-order chi connectivity index (χ1) is 8.11. The maximum Gasteiger partial charge on any atom is 0.0248 e. The standard InChI is InChI=1S/C15H24N2/c1-11-4-5-12(2)14(8-11)10-17-7-6-13(3)15(17)9-16/h4-5,8,13,15H,6-7,9-10,16H2,1-3H3. The van der Waals surface area contributed by atoms with Crippen LogP contribution >= 0.6 is 0 Å². The largest absolute Gasteiger partial charge is 0.329 e. The van der Waals surface area contributed by atoms with Crippen molar-refractivity contribution in [3.8, 4) is 0 Å². The van der Waals surface area contributed by atoms with Gasteiger partial charge in [-0.05, 0) is 43.9 Å². The summed E-state index contributed by atoms with van der Waals surface area (Å²) in [7, 11) is 0. The Morgan fingerprint density at radius 1 is 1.35 bits per heavy atom. The molecule has 1 aromatic carbocycles. The number of hydrogen-bond acceptors (Lipinski definition) is 2. The molecule has 1 saturated heterocycles. The van der Waals surface area contributed by atoms with Crippen LogP contribution in [-0.2, 0) is 6.54 Å². The van der Waals surface area contributed by atoms with Crippen LogP contribution in [0.4, 0.5) is 0 Å². The van der Waals surface area contributed by atoms with Crippen LogP contribution in [0.25, 0.3) is 0 Å². The Morgan fingerprint density at radius 3 is 2.82 bits per heavy atom. The molecule has 0 aromatic heterocycles. The highest BCUT2D eigenvalue weighted by molar-refractivity contribution is 5.30. The minimum absolute atomic E-state index is 0.565. The topological polar surface area (TPSA) is 29.3 Å². The Bertz CT molecular complexity index is 387. The fraction of sp³-hybridized carbons (Fsp3) is 0.600. The first-order valence-corrected chi connectivity index (χ1v) is 6.62. The van der Waals surface area contributed by atoms with Gasteiger partial charge in [0.1, 0.15) is 0 Å². The molecule has 1 aliphatic heterocycles. The molecule has 0 bridgehead atoms. The van der Waals surface area contributed by atoms with E-state index in [-0.39, 0.29) is 0 Å². The van der Waals surface area contributed by atoms with Gasteiger partial charge >= 0.3 is 0 Å². The molecule has 1 aromatic rings. The minimum atomic E-state index is 0.565. The maximum absolute atomic E-state index is 5.89. The predicted molar refractivity (Wildman–Crippen MR) is 72.9 cm³/mol. The second kappa shape index (κ2) is 5.19. The molecule has 0 aliphatic carbocycles. The normalized spacial score (nSPS) is 25.4. The number of benzene rings is 1. The van der Waals surface area contributed by atoms with Crippen molar-refractivity contribution < 1.29 is 0 Å². The van der Waals surface area contributed by atoms with Gasteiger partial charge in [0.15, 0.2) is 0 Å². The van der Waals surface area contributed by atoms with Gasteiger partial charge < -0.3 is 5.73 Å². The Hall–Kier alpha value is -0.860. The van der Waals surface area contributed by atoms with Crippen molar-refractivity contribution in [2.45, 2.75) is 39.8 Å². The number of rotatable bonds is 3. The zero-order chi connectivity index (χ0) is 12.4. The summed E-state index contributed by atoms with van der Waals surface area (Å²) in [4.78, 5) is 2.55. The van der Waals surface area contributed by atoms with E-state index in [1.54, 1.807) is 0 Å². The third kappa shape index (κ3) is 2.70. The van der Waals surface area contributed by atoms with E-state index in [1.807, 2.05) is 0 Å². The molecular formula is C15H24N2. The Kier molecular flexibility index (Phi) is 3.85. The molecule has 94 valence electrons. The van der Waals surface area contributed by atoms with Crippen LogP contribution in [0.1, 0.15) is 30.0 Å². The molecule has 0 radical (unpaired) electrons. The van der Waals surface area contributed by atoms with Crippen molar-refractivity contribution in [1.82, 2.24) is 4.90 Å². The van der Waals surface area contributed by atoms with Crippen LogP contribution in [0.5, 0.6) is 0 Å². The molecule has 1 aliphatic rings. The molecule has 0 spiro atoms. The first-order valence-electron chi connectivity index (χ1n) is 6.62. The lowest BCUT2D eigenvalue weighted by Gasteiger charge is -2.26.